The second-order valence-electron chi connectivity index (χ2n) is 4.57. The number of aromatic nitrogens is 2. The van der Waals surface area contributed by atoms with E-state index in [-0.39, 0.29) is 5.69 Å². The van der Waals surface area contributed by atoms with E-state index in [0.29, 0.717) is 11.3 Å². The van der Waals surface area contributed by atoms with Crippen LogP contribution < -0.4 is 10.4 Å². The minimum absolute atomic E-state index is 0.375. The third kappa shape index (κ3) is 2.16. The number of nitriles is 1. The Morgan fingerprint density at radius 1 is 1.30 bits per heavy atom. The van der Waals surface area contributed by atoms with Gasteiger partial charge in [-0.15, -0.1) is 0 Å². The Morgan fingerprint density at radius 2 is 2.00 bits per heavy atom. The Hall–Kier alpha value is -2.61. The van der Waals surface area contributed by atoms with Gasteiger partial charge in [0, 0.05) is 18.8 Å². The quantitative estimate of drug-likeness (QED) is 0.835. The Bertz CT molecular complexity index is 770. The zero-order chi connectivity index (χ0) is 14.9. The molecule has 5 nitrogen and oxygen atoms in total. The summed E-state index contributed by atoms with van der Waals surface area (Å²) in [6, 6.07) is 5.72. The predicted octanol–water partition coefficient (Wildman–Crippen LogP) is 1.94. The Kier molecular flexibility index (Phi) is 3.57. The molecule has 0 unspecified atom stereocenters. The lowest BCUT2D eigenvalue weighted by molar-refractivity contribution is 0.411. The van der Waals surface area contributed by atoms with Gasteiger partial charge in [-0.1, -0.05) is 0 Å². The second kappa shape index (κ2) is 5.17. The molecular formula is C15H15N3O2. The van der Waals surface area contributed by atoms with Crippen LogP contribution in [0.25, 0.3) is 11.3 Å². The number of hydrogen-bond acceptors (Lipinski definition) is 4. The minimum atomic E-state index is -0.383. The van der Waals surface area contributed by atoms with Crippen LogP contribution in [-0.2, 0) is 7.05 Å². The van der Waals surface area contributed by atoms with Crippen molar-refractivity contribution in [3.8, 4) is 23.1 Å². The lowest BCUT2D eigenvalue weighted by atomic mass is 9.98. The predicted molar refractivity (Wildman–Crippen MR) is 75.7 cm³/mol. The fraction of sp³-hybridized carbons (Fsp3) is 0.267. The molecule has 20 heavy (non-hydrogen) atoms. The average molecular weight is 269 g/mol. The molecule has 1 heterocycles. The van der Waals surface area contributed by atoms with Crippen LogP contribution in [0, 0.1) is 25.2 Å². The van der Waals surface area contributed by atoms with Crippen molar-refractivity contribution >= 4 is 0 Å². The molecule has 0 spiro atoms. The van der Waals surface area contributed by atoms with Crippen molar-refractivity contribution in [2.45, 2.75) is 13.8 Å². The Morgan fingerprint density at radius 3 is 2.60 bits per heavy atom. The molecule has 0 saturated carbocycles. The maximum absolute atomic E-state index is 11.7. The van der Waals surface area contributed by atoms with Gasteiger partial charge in [-0.05, 0) is 37.1 Å². The van der Waals surface area contributed by atoms with Crippen LogP contribution in [0.1, 0.15) is 16.7 Å². The molecule has 102 valence electrons. The van der Waals surface area contributed by atoms with Crippen molar-refractivity contribution in [2.75, 3.05) is 7.11 Å². The maximum Gasteiger partial charge on any atom is 0.347 e. The lowest BCUT2D eigenvalue weighted by Crippen LogP contribution is -2.21. The largest absolute Gasteiger partial charge is 0.496 e. The summed E-state index contributed by atoms with van der Waals surface area (Å²) in [5.41, 5.74) is 3.10. The van der Waals surface area contributed by atoms with E-state index in [1.165, 1.54) is 10.8 Å². The van der Waals surface area contributed by atoms with Gasteiger partial charge in [0.1, 0.15) is 11.8 Å². The van der Waals surface area contributed by atoms with Crippen molar-refractivity contribution in [3.63, 3.8) is 0 Å². The highest BCUT2D eigenvalue weighted by molar-refractivity contribution is 5.71. The summed E-state index contributed by atoms with van der Waals surface area (Å²) in [7, 11) is 3.19. The zero-order valence-electron chi connectivity index (χ0n) is 11.9. The topological polar surface area (TPSA) is 67.9 Å². The van der Waals surface area contributed by atoms with Crippen LogP contribution >= 0.6 is 0 Å². The van der Waals surface area contributed by atoms with Gasteiger partial charge in [0.15, 0.2) is 0 Å². The van der Waals surface area contributed by atoms with Gasteiger partial charge < -0.3 is 9.30 Å². The average Bonchev–Trinajstić information content (AvgIpc) is 2.44. The monoisotopic (exact) mass is 269 g/mol. The van der Waals surface area contributed by atoms with E-state index in [0.717, 1.165) is 22.4 Å². The fourth-order valence-electron chi connectivity index (χ4n) is 2.11. The summed E-state index contributed by atoms with van der Waals surface area (Å²) >= 11 is 0. The molecule has 0 N–H and O–H groups in total. The summed E-state index contributed by atoms with van der Waals surface area (Å²) < 4.78 is 6.56. The summed E-state index contributed by atoms with van der Waals surface area (Å²) in [6.07, 6.45) is 1.50. The molecule has 5 heteroatoms. The van der Waals surface area contributed by atoms with Crippen molar-refractivity contribution in [1.82, 2.24) is 9.55 Å². The van der Waals surface area contributed by atoms with Crippen LogP contribution in [0.2, 0.25) is 0 Å². The van der Waals surface area contributed by atoms with E-state index in [1.54, 1.807) is 14.2 Å². The molecule has 0 aliphatic rings. The third-order valence-electron chi connectivity index (χ3n) is 3.42. The molecule has 0 radical (unpaired) electrons. The molecule has 0 amide bonds. The molecule has 0 aliphatic carbocycles. The molecule has 2 aromatic rings. The Labute approximate surface area is 117 Å². The molecule has 0 atom stereocenters. The summed E-state index contributed by atoms with van der Waals surface area (Å²) in [5.74, 6) is 0.772. The maximum atomic E-state index is 11.7. The van der Waals surface area contributed by atoms with Crippen molar-refractivity contribution in [2.24, 2.45) is 7.05 Å². The van der Waals surface area contributed by atoms with Gasteiger partial charge in [-0.3, -0.25) is 0 Å². The first-order valence-electron chi connectivity index (χ1n) is 6.12. The van der Waals surface area contributed by atoms with Crippen LogP contribution in [0.15, 0.2) is 23.1 Å². The first-order chi connectivity index (χ1) is 9.49. The molecule has 0 bridgehead atoms. The molecule has 0 fully saturated rings. The molecule has 2 rings (SSSR count). The summed E-state index contributed by atoms with van der Waals surface area (Å²) in [5, 5.41) is 9.23. The van der Waals surface area contributed by atoms with Gasteiger partial charge in [-0.2, -0.15) is 10.2 Å². The summed E-state index contributed by atoms with van der Waals surface area (Å²) in [6.45, 7) is 3.86. The zero-order valence-corrected chi connectivity index (χ0v) is 11.9. The van der Waals surface area contributed by atoms with E-state index < -0.39 is 0 Å². The SMILES string of the molecule is COc1ccc(-c2nc(=O)n(C)cc2C#N)c(C)c1C. The number of ether oxygens (including phenoxy) is 1. The minimum Gasteiger partial charge on any atom is -0.496 e. The number of hydrogen-bond donors (Lipinski definition) is 0. The second-order valence-corrected chi connectivity index (χ2v) is 4.57. The highest BCUT2D eigenvalue weighted by Gasteiger charge is 2.14. The number of nitrogens with zero attached hydrogens (tertiary/aromatic N) is 3. The van der Waals surface area contributed by atoms with E-state index in [9.17, 15) is 10.1 Å². The number of rotatable bonds is 2. The van der Waals surface area contributed by atoms with Gasteiger partial charge in [-0.25, -0.2) is 4.79 Å². The van der Waals surface area contributed by atoms with Gasteiger partial charge in [0.25, 0.3) is 0 Å². The highest BCUT2D eigenvalue weighted by Crippen LogP contribution is 2.30. The first-order valence-corrected chi connectivity index (χ1v) is 6.12. The van der Waals surface area contributed by atoms with Crippen LogP contribution in [0.5, 0.6) is 5.75 Å². The lowest BCUT2D eigenvalue weighted by Gasteiger charge is -2.13. The van der Waals surface area contributed by atoms with Gasteiger partial charge in [0.05, 0.1) is 18.4 Å². The number of methoxy groups -OCH3 is 1. The van der Waals surface area contributed by atoms with Crippen molar-refractivity contribution < 1.29 is 4.74 Å². The standard InChI is InChI=1S/C15H15N3O2/c1-9-10(2)13(20-4)6-5-12(9)14-11(7-16)8-18(3)15(19)17-14/h5-6,8H,1-4H3. The third-order valence-corrected chi connectivity index (χ3v) is 3.42. The fourth-order valence-corrected chi connectivity index (χ4v) is 2.11. The van der Waals surface area contributed by atoms with Crippen LogP contribution in [0.3, 0.4) is 0 Å². The van der Waals surface area contributed by atoms with Crippen molar-refractivity contribution in [1.29, 1.82) is 5.26 Å². The molecule has 0 aliphatic heterocycles. The smallest absolute Gasteiger partial charge is 0.347 e. The number of aryl methyl sites for hydroxylation is 1. The molecular weight excluding hydrogens is 254 g/mol. The normalized spacial score (nSPS) is 10.2. The molecule has 1 aromatic heterocycles. The Balaban J connectivity index is 2.76. The van der Waals surface area contributed by atoms with E-state index in [1.807, 2.05) is 26.0 Å². The van der Waals surface area contributed by atoms with Crippen LogP contribution in [-0.4, -0.2) is 16.7 Å². The summed E-state index contributed by atoms with van der Waals surface area (Å²) in [4.78, 5) is 15.7. The van der Waals surface area contributed by atoms with Crippen molar-refractivity contribution in [3.05, 3.63) is 45.5 Å². The van der Waals surface area contributed by atoms with E-state index >= 15 is 0 Å². The van der Waals surface area contributed by atoms with E-state index in [4.69, 9.17) is 4.74 Å². The van der Waals surface area contributed by atoms with Crippen LogP contribution in [0.4, 0.5) is 0 Å². The first kappa shape index (κ1) is 13.8. The van der Waals surface area contributed by atoms with Gasteiger partial charge >= 0.3 is 5.69 Å². The molecule has 1 aromatic carbocycles. The van der Waals surface area contributed by atoms with E-state index in [2.05, 4.69) is 11.1 Å². The number of benzene rings is 1. The highest BCUT2D eigenvalue weighted by atomic mass is 16.5. The molecule has 0 saturated heterocycles. The van der Waals surface area contributed by atoms with Gasteiger partial charge in [0.2, 0.25) is 0 Å².